The molecule has 1 aliphatic rings. The third kappa shape index (κ3) is 3.08. The number of rotatable bonds is 3. The van der Waals surface area contributed by atoms with Gasteiger partial charge in [-0.05, 0) is 25.0 Å². The van der Waals surface area contributed by atoms with Gasteiger partial charge in [-0.25, -0.2) is 0 Å². The molecule has 2 heterocycles. The van der Waals surface area contributed by atoms with Crippen LogP contribution in [-0.2, 0) is 4.79 Å². The molecule has 23 heavy (non-hydrogen) atoms. The molecule has 0 bridgehead atoms. The van der Waals surface area contributed by atoms with Gasteiger partial charge in [-0.2, -0.15) is 0 Å². The van der Waals surface area contributed by atoms with E-state index >= 15 is 0 Å². The quantitative estimate of drug-likeness (QED) is 0.693. The summed E-state index contributed by atoms with van der Waals surface area (Å²) in [5.74, 6) is -0.00434. The van der Waals surface area contributed by atoms with Crippen LogP contribution < -0.4 is 10.2 Å². The number of nitrogens with zero attached hydrogens (tertiary/aromatic N) is 3. The Balaban J connectivity index is 1.88. The van der Waals surface area contributed by atoms with Crippen molar-refractivity contribution in [1.29, 1.82) is 0 Å². The summed E-state index contributed by atoms with van der Waals surface area (Å²) in [7, 11) is 0. The van der Waals surface area contributed by atoms with Gasteiger partial charge < -0.3 is 10.2 Å². The van der Waals surface area contributed by atoms with E-state index in [0.29, 0.717) is 5.39 Å². The second-order valence-corrected chi connectivity index (χ2v) is 5.74. The lowest BCUT2D eigenvalue weighted by Gasteiger charge is -2.34. The van der Waals surface area contributed by atoms with Crippen molar-refractivity contribution in [3.05, 3.63) is 40.7 Å². The molecule has 0 aliphatic carbocycles. The zero-order valence-electron chi connectivity index (χ0n) is 12.9. The van der Waals surface area contributed by atoms with E-state index in [-0.39, 0.29) is 22.6 Å². The van der Waals surface area contributed by atoms with Crippen LogP contribution in [0.5, 0.6) is 0 Å². The number of nitro benzene ring substituents is 1. The van der Waals surface area contributed by atoms with Crippen molar-refractivity contribution in [3.8, 4) is 0 Å². The van der Waals surface area contributed by atoms with Crippen molar-refractivity contribution < 1.29 is 9.72 Å². The van der Waals surface area contributed by atoms with Gasteiger partial charge in [0.05, 0.1) is 10.3 Å². The number of carbonyl (C=O) groups is 1. The molecule has 0 unspecified atom stereocenters. The third-order valence-electron chi connectivity index (χ3n) is 4.21. The van der Waals surface area contributed by atoms with E-state index in [1.807, 2.05) is 6.07 Å². The van der Waals surface area contributed by atoms with Crippen molar-refractivity contribution in [2.75, 3.05) is 18.0 Å². The zero-order valence-corrected chi connectivity index (χ0v) is 12.9. The van der Waals surface area contributed by atoms with Crippen LogP contribution >= 0.6 is 0 Å². The van der Waals surface area contributed by atoms with E-state index in [2.05, 4.69) is 15.2 Å². The maximum Gasteiger partial charge on any atom is 0.278 e. The van der Waals surface area contributed by atoms with E-state index in [9.17, 15) is 14.9 Å². The molecule has 1 N–H and O–H groups in total. The highest BCUT2D eigenvalue weighted by Crippen LogP contribution is 2.34. The number of hydrogen-bond donors (Lipinski definition) is 1. The van der Waals surface area contributed by atoms with E-state index in [4.69, 9.17) is 0 Å². The van der Waals surface area contributed by atoms with E-state index < -0.39 is 0 Å². The number of aromatic nitrogens is 1. The molecule has 2 aromatic rings. The Morgan fingerprint density at radius 1 is 1.30 bits per heavy atom. The molecule has 120 valence electrons. The lowest BCUT2D eigenvalue weighted by atomic mass is 10.0. The van der Waals surface area contributed by atoms with Crippen LogP contribution in [0, 0.1) is 10.1 Å². The smallest absolute Gasteiger partial charge is 0.278 e. The van der Waals surface area contributed by atoms with Gasteiger partial charge in [-0.1, -0.05) is 0 Å². The Morgan fingerprint density at radius 2 is 2.04 bits per heavy atom. The average Bonchev–Trinajstić information content (AvgIpc) is 2.54. The molecule has 1 aromatic heterocycles. The van der Waals surface area contributed by atoms with Gasteiger partial charge >= 0.3 is 0 Å². The third-order valence-corrected chi connectivity index (χ3v) is 4.21. The number of amides is 1. The van der Waals surface area contributed by atoms with Gasteiger partial charge in [0.1, 0.15) is 0 Å². The highest BCUT2D eigenvalue weighted by Gasteiger charge is 2.23. The molecular formula is C16H18N4O3. The number of piperidine rings is 1. The number of nitro groups is 1. The number of non-ortho nitro benzene ring substituents is 1. The van der Waals surface area contributed by atoms with Gasteiger partial charge in [0.2, 0.25) is 5.91 Å². The summed E-state index contributed by atoms with van der Waals surface area (Å²) in [5, 5.41) is 15.5. The predicted octanol–water partition coefficient (Wildman–Crippen LogP) is 2.25. The number of carbonyl (C=O) groups excluding carboxylic acids is 1. The van der Waals surface area contributed by atoms with Gasteiger partial charge in [-0.3, -0.25) is 19.9 Å². The number of fused-ring (bicyclic) bond motifs is 1. The Bertz CT molecular complexity index is 754. The lowest BCUT2D eigenvalue weighted by molar-refractivity contribution is -0.383. The Labute approximate surface area is 133 Å². The molecule has 1 amide bonds. The minimum atomic E-state index is -0.378. The Morgan fingerprint density at radius 3 is 2.70 bits per heavy atom. The fourth-order valence-corrected chi connectivity index (χ4v) is 3.15. The summed E-state index contributed by atoms with van der Waals surface area (Å²) in [6, 6.07) is 5.37. The number of benzene rings is 1. The second-order valence-electron chi connectivity index (χ2n) is 5.74. The number of nitrogens with one attached hydrogen (secondary N) is 1. The Hall–Kier alpha value is -2.70. The molecule has 1 aliphatic heterocycles. The molecular weight excluding hydrogens is 296 g/mol. The van der Waals surface area contributed by atoms with Crippen LogP contribution in [0.3, 0.4) is 0 Å². The molecule has 0 radical (unpaired) electrons. The first-order chi connectivity index (χ1) is 11.1. The SMILES string of the molecule is CC(=O)NC1CCN(c2ccc([N+](=O)[O-])c3cnccc23)CC1. The first kappa shape index (κ1) is 15.2. The van der Waals surface area contributed by atoms with Gasteiger partial charge in [-0.15, -0.1) is 0 Å². The fourth-order valence-electron chi connectivity index (χ4n) is 3.15. The van der Waals surface area contributed by atoms with Crippen LogP contribution in [0.15, 0.2) is 30.6 Å². The van der Waals surface area contributed by atoms with Gasteiger partial charge in [0.15, 0.2) is 0 Å². The molecule has 1 aromatic carbocycles. The molecule has 0 spiro atoms. The first-order valence-corrected chi connectivity index (χ1v) is 7.59. The van der Waals surface area contributed by atoms with E-state index in [1.54, 1.807) is 24.5 Å². The van der Waals surface area contributed by atoms with E-state index in [1.165, 1.54) is 6.92 Å². The predicted molar refractivity (Wildman–Crippen MR) is 87.4 cm³/mol. The maximum absolute atomic E-state index is 11.2. The average molecular weight is 314 g/mol. The Kier molecular flexibility index (Phi) is 4.10. The van der Waals surface area contributed by atoms with Gasteiger partial charge in [0, 0.05) is 55.6 Å². The standard InChI is InChI=1S/C16H18N4O3/c1-11(21)18-12-5-8-19(9-6-12)15-2-3-16(20(22)23)14-10-17-7-4-13(14)15/h2-4,7,10,12H,5-6,8-9H2,1H3,(H,18,21). The minimum Gasteiger partial charge on any atom is -0.371 e. The normalized spacial score (nSPS) is 15.6. The van der Waals surface area contributed by atoms with Crippen molar-refractivity contribution in [2.45, 2.75) is 25.8 Å². The highest BCUT2D eigenvalue weighted by molar-refractivity contribution is 5.99. The molecule has 0 saturated carbocycles. The summed E-state index contributed by atoms with van der Waals surface area (Å²) in [6.07, 6.45) is 4.92. The summed E-state index contributed by atoms with van der Waals surface area (Å²) in [6.45, 7) is 3.14. The zero-order chi connectivity index (χ0) is 16.4. The molecule has 0 atom stereocenters. The fraction of sp³-hybridized carbons (Fsp3) is 0.375. The topological polar surface area (TPSA) is 88.4 Å². The van der Waals surface area contributed by atoms with Crippen molar-refractivity contribution >= 4 is 28.1 Å². The van der Waals surface area contributed by atoms with Crippen LogP contribution in [0.1, 0.15) is 19.8 Å². The van der Waals surface area contributed by atoms with Crippen LogP contribution in [0.25, 0.3) is 10.8 Å². The molecule has 3 rings (SSSR count). The number of hydrogen-bond acceptors (Lipinski definition) is 5. The molecule has 1 saturated heterocycles. The largest absolute Gasteiger partial charge is 0.371 e. The maximum atomic E-state index is 11.2. The number of anilines is 1. The first-order valence-electron chi connectivity index (χ1n) is 7.59. The summed E-state index contributed by atoms with van der Waals surface area (Å²) < 4.78 is 0. The summed E-state index contributed by atoms with van der Waals surface area (Å²) in [5.41, 5.74) is 1.05. The molecule has 7 nitrogen and oxygen atoms in total. The minimum absolute atomic E-state index is 0.00434. The monoisotopic (exact) mass is 314 g/mol. The van der Waals surface area contributed by atoms with Gasteiger partial charge in [0.25, 0.3) is 5.69 Å². The van der Waals surface area contributed by atoms with Crippen molar-refractivity contribution in [1.82, 2.24) is 10.3 Å². The lowest BCUT2D eigenvalue weighted by Crippen LogP contribution is -2.44. The van der Waals surface area contributed by atoms with E-state index in [0.717, 1.165) is 37.0 Å². The second kappa shape index (κ2) is 6.20. The molecule has 7 heteroatoms. The van der Waals surface area contributed by atoms with Crippen molar-refractivity contribution in [2.24, 2.45) is 0 Å². The van der Waals surface area contributed by atoms with Crippen LogP contribution in [0.2, 0.25) is 0 Å². The van der Waals surface area contributed by atoms with Crippen LogP contribution in [-0.4, -0.2) is 34.9 Å². The van der Waals surface area contributed by atoms with Crippen molar-refractivity contribution in [3.63, 3.8) is 0 Å². The number of pyridine rings is 1. The molecule has 1 fully saturated rings. The summed E-state index contributed by atoms with van der Waals surface area (Å²) >= 11 is 0. The highest BCUT2D eigenvalue weighted by atomic mass is 16.6. The summed E-state index contributed by atoms with van der Waals surface area (Å²) in [4.78, 5) is 28.2. The van der Waals surface area contributed by atoms with Crippen LogP contribution in [0.4, 0.5) is 11.4 Å².